The standard InChI is InChI=1S/C20H27N3O4S2/c1-15-4-3-5-16(22-15)8-11-23-12-9-17(10-13-23)29(26,27)20-7-6-18(14-19(20)21)28(2,24)25/h3-7,14,17H,8-13,21H2,1-2H3. The van der Waals surface area contributed by atoms with Crippen LogP contribution in [0.2, 0.25) is 0 Å². The van der Waals surface area contributed by atoms with Gasteiger partial charge in [0.1, 0.15) is 0 Å². The van der Waals surface area contributed by atoms with Crippen LogP contribution in [-0.4, -0.2) is 57.9 Å². The Morgan fingerprint density at radius 2 is 1.79 bits per heavy atom. The minimum Gasteiger partial charge on any atom is -0.398 e. The van der Waals surface area contributed by atoms with Gasteiger partial charge in [-0.2, -0.15) is 0 Å². The van der Waals surface area contributed by atoms with Crippen LogP contribution in [0.5, 0.6) is 0 Å². The van der Waals surface area contributed by atoms with Crippen molar-refractivity contribution in [2.45, 2.75) is 41.2 Å². The summed E-state index contributed by atoms with van der Waals surface area (Å²) in [7, 11) is -7.05. The van der Waals surface area contributed by atoms with E-state index in [0.29, 0.717) is 25.9 Å². The Hall–Kier alpha value is -1.97. The quantitative estimate of drug-likeness (QED) is 0.687. The highest BCUT2D eigenvalue weighted by molar-refractivity contribution is 7.92. The van der Waals surface area contributed by atoms with Crippen molar-refractivity contribution in [3.63, 3.8) is 0 Å². The number of anilines is 1. The number of aromatic nitrogens is 1. The molecule has 1 fully saturated rings. The van der Waals surface area contributed by atoms with Gasteiger partial charge in [0, 0.05) is 30.6 Å². The highest BCUT2D eigenvalue weighted by Gasteiger charge is 2.32. The van der Waals surface area contributed by atoms with E-state index in [0.717, 1.165) is 30.6 Å². The van der Waals surface area contributed by atoms with E-state index in [4.69, 9.17) is 5.73 Å². The summed E-state index contributed by atoms with van der Waals surface area (Å²) in [6.45, 7) is 4.19. The van der Waals surface area contributed by atoms with Crippen LogP contribution in [0.1, 0.15) is 24.2 Å². The Bertz CT molecular complexity index is 1090. The maximum Gasteiger partial charge on any atom is 0.183 e. The number of hydrogen-bond donors (Lipinski definition) is 1. The number of benzene rings is 1. The molecule has 0 unspecified atom stereocenters. The number of nitrogens with two attached hydrogens (primary N) is 1. The first-order valence-corrected chi connectivity index (χ1v) is 13.0. The Labute approximate surface area is 172 Å². The number of hydrogen-bond acceptors (Lipinski definition) is 7. The first kappa shape index (κ1) is 21.7. The van der Waals surface area contributed by atoms with Crippen LogP contribution < -0.4 is 5.73 Å². The molecule has 1 aromatic heterocycles. The number of nitrogen functional groups attached to an aromatic ring is 1. The van der Waals surface area contributed by atoms with Crippen molar-refractivity contribution >= 4 is 25.4 Å². The molecule has 1 aliphatic heterocycles. The summed E-state index contributed by atoms with van der Waals surface area (Å²) in [5.41, 5.74) is 7.92. The molecule has 1 aliphatic rings. The molecule has 9 heteroatoms. The van der Waals surface area contributed by atoms with Crippen molar-refractivity contribution in [3.8, 4) is 0 Å². The zero-order chi connectivity index (χ0) is 21.2. The van der Waals surface area contributed by atoms with E-state index in [1.807, 2.05) is 25.1 Å². The monoisotopic (exact) mass is 437 g/mol. The van der Waals surface area contributed by atoms with Gasteiger partial charge in [-0.3, -0.25) is 4.98 Å². The molecule has 29 heavy (non-hydrogen) atoms. The van der Waals surface area contributed by atoms with Crippen LogP contribution in [0.4, 0.5) is 5.69 Å². The molecule has 0 spiro atoms. The molecular weight excluding hydrogens is 410 g/mol. The van der Waals surface area contributed by atoms with Crippen LogP contribution >= 0.6 is 0 Å². The van der Waals surface area contributed by atoms with Gasteiger partial charge in [-0.15, -0.1) is 0 Å². The molecule has 0 amide bonds. The van der Waals surface area contributed by atoms with E-state index in [1.54, 1.807) is 0 Å². The average Bonchev–Trinajstić information content (AvgIpc) is 2.66. The summed E-state index contributed by atoms with van der Waals surface area (Å²) >= 11 is 0. The van der Waals surface area contributed by atoms with E-state index < -0.39 is 24.9 Å². The lowest BCUT2D eigenvalue weighted by atomic mass is 10.1. The molecule has 0 aliphatic carbocycles. The summed E-state index contributed by atoms with van der Waals surface area (Å²) in [5.74, 6) is 0. The maximum absolute atomic E-state index is 13.0. The Balaban J connectivity index is 1.64. The van der Waals surface area contributed by atoms with Gasteiger partial charge in [0.25, 0.3) is 0 Å². The van der Waals surface area contributed by atoms with Gasteiger partial charge in [-0.05, 0) is 63.2 Å². The summed E-state index contributed by atoms with van der Waals surface area (Å²) < 4.78 is 49.4. The SMILES string of the molecule is Cc1cccc(CCN2CCC(S(=O)(=O)c3ccc(S(C)(=O)=O)cc3N)CC2)n1. The Kier molecular flexibility index (Phi) is 6.30. The van der Waals surface area contributed by atoms with Crippen LogP contribution in [0.25, 0.3) is 0 Å². The predicted molar refractivity (Wildman–Crippen MR) is 113 cm³/mol. The minimum absolute atomic E-state index is 0.0131. The number of piperidine rings is 1. The lowest BCUT2D eigenvalue weighted by Crippen LogP contribution is -2.40. The summed E-state index contributed by atoms with van der Waals surface area (Å²) in [6, 6.07) is 9.82. The van der Waals surface area contributed by atoms with Crippen molar-refractivity contribution in [1.82, 2.24) is 9.88 Å². The third-order valence-electron chi connectivity index (χ3n) is 5.32. The highest BCUT2D eigenvalue weighted by Crippen LogP contribution is 2.30. The smallest absolute Gasteiger partial charge is 0.183 e. The lowest BCUT2D eigenvalue weighted by Gasteiger charge is -2.31. The number of aryl methyl sites for hydroxylation is 1. The first-order valence-electron chi connectivity index (χ1n) is 9.56. The highest BCUT2D eigenvalue weighted by atomic mass is 32.2. The van der Waals surface area contributed by atoms with Crippen LogP contribution in [0, 0.1) is 6.92 Å². The molecule has 1 saturated heterocycles. The third kappa shape index (κ3) is 5.15. The van der Waals surface area contributed by atoms with E-state index in [-0.39, 0.29) is 15.5 Å². The van der Waals surface area contributed by atoms with Crippen LogP contribution in [0.15, 0.2) is 46.2 Å². The molecule has 2 aromatic rings. The van der Waals surface area contributed by atoms with Crippen molar-refractivity contribution in [1.29, 1.82) is 0 Å². The molecular formula is C20H27N3O4S2. The number of pyridine rings is 1. The molecule has 2 N–H and O–H groups in total. The average molecular weight is 438 g/mol. The number of sulfone groups is 2. The largest absolute Gasteiger partial charge is 0.398 e. The van der Waals surface area contributed by atoms with Crippen molar-refractivity contribution in [2.75, 3.05) is 31.6 Å². The van der Waals surface area contributed by atoms with Crippen molar-refractivity contribution < 1.29 is 16.8 Å². The number of nitrogens with zero attached hydrogens (tertiary/aromatic N) is 2. The topological polar surface area (TPSA) is 110 Å². The van der Waals surface area contributed by atoms with E-state index in [2.05, 4.69) is 9.88 Å². The van der Waals surface area contributed by atoms with Crippen molar-refractivity contribution in [2.24, 2.45) is 0 Å². The number of likely N-dealkylation sites (tertiary alicyclic amines) is 1. The molecule has 0 saturated carbocycles. The van der Waals surface area contributed by atoms with Gasteiger partial charge in [0.2, 0.25) is 0 Å². The normalized spacial score (nSPS) is 16.8. The van der Waals surface area contributed by atoms with Gasteiger partial charge in [0.05, 0.1) is 20.7 Å². The molecule has 0 atom stereocenters. The predicted octanol–water partition coefficient (Wildman–Crippen LogP) is 1.86. The summed E-state index contributed by atoms with van der Waals surface area (Å²) in [6.07, 6.45) is 2.95. The second kappa shape index (κ2) is 8.41. The van der Waals surface area contributed by atoms with Gasteiger partial charge < -0.3 is 10.6 Å². The molecule has 3 rings (SSSR count). The molecule has 0 bridgehead atoms. The molecule has 158 valence electrons. The minimum atomic E-state index is -3.61. The van der Waals surface area contributed by atoms with Gasteiger partial charge in [-0.1, -0.05) is 6.07 Å². The Morgan fingerprint density at radius 3 is 2.38 bits per heavy atom. The van der Waals surface area contributed by atoms with Gasteiger partial charge in [-0.25, -0.2) is 16.8 Å². The van der Waals surface area contributed by atoms with Crippen LogP contribution in [-0.2, 0) is 26.1 Å². The number of rotatable bonds is 6. The zero-order valence-corrected chi connectivity index (χ0v) is 18.3. The fraction of sp³-hybridized carbons (Fsp3) is 0.450. The maximum atomic E-state index is 13.0. The first-order chi connectivity index (χ1) is 13.6. The fourth-order valence-electron chi connectivity index (χ4n) is 3.65. The summed E-state index contributed by atoms with van der Waals surface area (Å²) in [5, 5.41) is -0.512. The fourth-order valence-corrected chi connectivity index (χ4v) is 6.14. The summed E-state index contributed by atoms with van der Waals surface area (Å²) in [4.78, 5) is 6.80. The van der Waals surface area contributed by atoms with E-state index in [9.17, 15) is 16.8 Å². The molecule has 0 radical (unpaired) electrons. The third-order valence-corrected chi connectivity index (χ3v) is 8.76. The second-order valence-corrected chi connectivity index (χ2v) is 11.8. The van der Waals surface area contributed by atoms with E-state index in [1.165, 1.54) is 18.2 Å². The zero-order valence-electron chi connectivity index (χ0n) is 16.7. The molecule has 1 aromatic carbocycles. The van der Waals surface area contributed by atoms with Crippen molar-refractivity contribution in [3.05, 3.63) is 47.8 Å². The van der Waals surface area contributed by atoms with Crippen LogP contribution in [0.3, 0.4) is 0 Å². The molecule has 2 heterocycles. The lowest BCUT2D eigenvalue weighted by molar-refractivity contribution is 0.232. The molecule has 7 nitrogen and oxygen atoms in total. The van der Waals surface area contributed by atoms with E-state index >= 15 is 0 Å². The van der Waals surface area contributed by atoms with Gasteiger partial charge in [0.15, 0.2) is 19.7 Å². The van der Waals surface area contributed by atoms with Gasteiger partial charge >= 0.3 is 0 Å². The second-order valence-electron chi connectivity index (χ2n) is 7.58. The Morgan fingerprint density at radius 1 is 1.10 bits per heavy atom.